The van der Waals surface area contributed by atoms with Crippen LogP contribution in [0, 0.1) is 0 Å². The first-order valence-electron chi connectivity index (χ1n) is 10.3. The van der Waals surface area contributed by atoms with E-state index in [2.05, 4.69) is 20.3 Å². The molecule has 0 spiro atoms. The number of halogens is 3. The lowest BCUT2D eigenvalue weighted by Crippen LogP contribution is -2.19. The smallest absolute Gasteiger partial charge is 0.368 e. The van der Waals surface area contributed by atoms with Gasteiger partial charge < -0.3 is 16.0 Å². The molecule has 4 aromatic rings. The minimum absolute atomic E-state index is 0.0514. The summed E-state index contributed by atoms with van der Waals surface area (Å²) in [5.41, 5.74) is 5.13. The second kappa shape index (κ2) is 8.69. The van der Waals surface area contributed by atoms with Crippen LogP contribution < -0.4 is 16.6 Å². The summed E-state index contributed by atoms with van der Waals surface area (Å²) in [6, 6.07) is 10.6. The first-order chi connectivity index (χ1) is 16.3. The van der Waals surface area contributed by atoms with E-state index < -0.39 is 38.6 Å². The summed E-state index contributed by atoms with van der Waals surface area (Å²) in [4.78, 5) is 23.4. The molecule has 2 aromatic heterocycles. The molecule has 0 bridgehead atoms. The summed E-state index contributed by atoms with van der Waals surface area (Å²) < 4.78 is 64.0. The van der Waals surface area contributed by atoms with E-state index in [9.17, 15) is 26.4 Å². The van der Waals surface area contributed by atoms with Crippen molar-refractivity contribution in [2.24, 2.45) is 0 Å². The molecule has 0 radical (unpaired) electrons. The Balaban J connectivity index is 1.76. The Bertz CT molecular complexity index is 1600. The fourth-order valence-corrected chi connectivity index (χ4v) is 4.37. The topological polar surface area (TPSA) is 131 Å². The second-order valence-electron chi connectivity index (χ2n) is 7.98. The van der Waals surface area contributed by atoms with Gasteiger partial charge in [0.1, 0.15) is 5.82 Å². The van der Waals surface area contributed by atoms with Crippen molar-refractivity contribution in [3.05, 3.63) is 76.3 Å². The number of nitrogens with zero attached hydrogens (tertiary/aromatic N) is 2. The molecular weight excluding hydrogens is 483 g/mol. The molecule has 182 valence electrons. The number of aromatic amines is 1. The Kier molecular flexibility index (Phi) is 6.01. The number of nitrogens with one attached hydrogen (secondary N) is 2. The highest BCUT2D eigenvalue weighted by Crippen LogP contribution is 2.34. The van der Waals surface area contributed by atoms with Crippen molar-refractivity contribution >= 4 is 32.4 Å². The van der Waals surface area contributed by atoms with Crippen LogP contribution in [0.25, 0.3) is 21.9 Å². The second-order valence-corrected chi connectivity index (χ2v) is 9.99. The van der Waals surface area contributed by atoms with Crippen LogP contribution in [0.3, 0.4) is 0 Å². The molecule has 0 aliphatic rings. The molecular formula is C23H20F3N5O3S. The summed E-state index contributed by atoms with van der Waals surface area (Å²) in [5, 5.41) is 2.78. The zero-order valence-corrected chi connectivity index (χ0v) is 19.3. The standard InChI is InChI=1S/C23H20F3N5O3S/c1-12(18-10-14-6-4-8-17(23(24,25)26)19(14)21(32)30-18)29-20-16(11-28-22(27)31-20)13-5-3-7-15(9-13)35(2,33)34/h3-12H,1-2H3,(H,30,32)(H3,27,28,29,31)/t12-/m0/s1. The predicted molar refractivity (Wildman–Crippen MR) is 127 cm³/mol. The molecule has 0 saturated heterocycles. The minimum atomic E-state index is -4.67. The molecule has 0 amide bonds. The summed E-state index contributed by atoms with van der Waals surface area (Å²) in [6.45, 7) is 1.68. The first-order valence-corrected chi connectivity index (χ1v) is 12.2. The van der Waals surface area contributed by atoms with E-state index in [1.54, 1.807) is 19.1 Å². The van der Waals surface area contributed by atoms with Crippen molar-refractivity contribution in [3.63, 3.8) is 0 Å². The molecule has 4 N–H and O–H groups in total. The normalized spacial score (nSPS) is 13.1. The van der Waals surface area contributed by atoms with Gasteiger partial charge in [-0.3, -0.25) is 4.79 Å². The maximum absolute atomic E-state index is 13.4. The van der Waals surface area contributed by atoms with E-state index in [-0.39, 0.29) is 22.0 Å². The summed E-state index contributed by atoms with van der Waals surface area (Å²) in [5.74, 6) is 0.199. The number of pyridine rings is 1. The quantitative estimate of drug-likeness (QED) is 0.373. The Morgan fingerprint density at radius 2 is 1.83 bits per heavy atom. The number of benzene rings is 2. The monoisotopic (exact) mass is 503 g/mol. The number of hydrogen-bond donors (Lipinski definition) is 3. The van der Waals surface area contributed by atoms with Crippen LogP contribution in [-0.4, -0.2) is 29.6 Å². The third-order valence-corrected chi connectivity index (χ3v) is 6.51. The molecule has 0 saturated carbocycles. The molecule has 2 heterocycles. The highest BCUT2D eigenvalue weighted by atomic mass is 32.2. The largest absolute Gasteiger partial charge is 0.417 e. The van der Waals surface area contributed by atoms with Crippen LogP contribution in [-0.2, 0) is 16.0 Å². The van der Waals surface area contributed by atoms with Crippen LogP contribution in [0.15, 0.2) is 64.4 Å². The van der Waals surface area contributed by atoms with Gasteiger partial charge in [0, 0.05) is 23.7 Å². The van der Waals surface area contributed by atoms with Gasteiger partial charge in [-0.2, -0.15) is 18.2 Å². The fourth-order valence-electron chi connectivity index (χ4n) is 3.70. The maximum Gasteiger partial charge on any atom is 0.417 e. The Morgan fingerprint density at radius 3 is 2.51 bits per heavy atom. The van der Waals surface area contributed by atoms with Crippen LogP contribution in [0.4, 0.5) is 24.9 Å². The first kappa shape index (κ1) is 24.2. The average molecular weight is 504 g/mol. The van der Waals surface area contributed by atoms with Crippen LogP contribution >= 0.6 is 0 Å². The minimum Gasteiger partial charge on any atom is -0.368 e. The van der Waals surface area contributed by atoms with Crippen LogP contribution in [0.1, 0.15) is 24.2 Å². The summed E-state index contributed by atoms with van der Waals surface area (Å²) in [6.07, 6.45) is -2.16. The molecule has 2 aromatic carbocycles. The molecule has 1 atom stereocenters. The Labute approximate surface area is 198 Å². The van der Waals surface area contributed by atoms with Crippen molar-refractivity contribution in [2.45, 2.75) is 24.0 Å². The van der Waals surface area contributed by atoms with Gasteiger partial charge in [0.25, 0.3) is 5.56 Å². The van der Waals surface area contributed by atoms with Gasteiger partial charge in [-0.25, -0.2) is 13.4 Å². The molecule has 0 aliphatic carbocycles. The number of hydrogen-bond acceptors (Lipinski definition) is 7. The van der Waals surface area contributed by atoms with Gasteiger partial charge in [-0.15, -0.1) is 0 Å². The van der Waals surface area contributed by atoms with E-state index in [1.165, 1.54) is 36.5 Å². The average Bonchev–Trinajstić information content (AvgIpc) is 2.77. The lowest BCUT2D eigenvalue weighted by Gasteiger charge is -2.19. The van der Waals surface area contributed by atoms with Gasteiger partial charge in [-0.1, -0.05) is 24.3 Å². The number of nitrogen functional groups attached to an aromatic ring is 1. The van der Waals surface area contributed by atoms with Crippen molar-refractivity contribution < 1.29 is 21.6 Å². The molecule has 0 unspecified atom stereocenters. The number of anilines is 2. The highest BCUT2D eigenvalue weighted by Gasteiger charge is 2.33. The SMILES string of the molecule is C[C@H](Nc1nc(N)ncc1-c1cccc(S(C)(=O)=O)c1)c1cc2cccc(C(F)(F)F)c2c(=O)[nH]1. The Morgan fingerprint density at radius 1 is 1.11 bits per heavy atom. The highest BCUT2D eigenvalue weighted by molar-refractivity contribution is 7.90. The third kappa shape index (κ3) is 4.97. The summed E-state index contributed by atoms with van der Waals surface area (Å²) >= 11 is 0. The zero-order chi connectivity index (χ0) is 25.5. The number of rotatable bonds is 5. The van der Waals surface area contributed by atoms with Crippen LogP contribution in [0.5, 0.6) is 0 Å². The third-order valence-electron chi connectivity index (χ3n) is 5.40. The Hall–Kier alpha value is -3.93. The van der Waals surface area contributed by atoms with Crippen molar-refractivity contribution in [1.82, 2.24) is 15.0 Å². The number of alkyl halides is 3. The van der Waals surface area contributed by atoms with Gasteiger partial charge in [0.05, 0.1) is 21.9 Å². The lowest BCUT2D eigenvalue weighted by molar-refractivity contribution is -0.136. The van der Waals surface area contributed by atoms with Gasteiger partial charge >= 0.3 is 6.18 Å². The van der Waals surface area contributed by atoms with E-state index >= 15 is 0 Å². The number of H-pyrrole nitrogens is 1. The lowest BCUT2D eigenvalue weighted by atomic mass is 10.0. The zero-order valence-electron chi connectivity index (χ0n) is 18.5. The number of fused-ring (bicyclic) bond motifs is 1. The maximum atomic E-state index is 13.4. The molecule has 8 nitrogen and oxygen atoms in total. The number of nitrogens with two attached hydrogens (primary N) is 1. The number of sulfone groups is 1. The van der Waals surface area contributed by atoms with Crippen molar-refractivity contribution in [3.8, 4) is 11.1 Å². The fraction of sp³-hybridized carbons (Fsp3) is 0.174. The van der Waals surface area contributed by atoms with Crippen molar-refractivity contribution in [1.29, 1.82) is 0 Å². The van der Waals surface area contributed by atoms with Crippen LogP contribution in [0.2, 0.25) is 0 Å². The molecule has 4 rings (SSSR count). The van der Waals surface area contributed by atoms with E-state index in [0.717, 1.165) is 12.3 Å². The van der Waals surface area contributed by atoms with E-state index in [1.807, 2.05) is 0 Å². The molecule has 0 fully saturated rings. The van der Waals surface area contributed by atoms with Crippen molar-refractivity contribution in [2.75, 3.05) is 17.3 Å². The molecule has 12 heteroatoms. The van der Waals surface area contributed by atoms with E-state index in [0.29, 0.717) is 16.8 Å². The van der Waals surface area contributed by atoms with Gasteiger partial charge in [-0.05, 0) is 42.1 Å². The number of aromatic nitrogens is 3. The van der Waals surface area contributed by atoms with Gasteiger partial charge in [0.15, 0.2) is 9.84 Å². The summed E-state index contributed by atoms with van der Waals surface area (Å²) in [7, 11) is -3.47. The molecule has 35 heavy (non-hydrogen) atoms. The predicted octanol–water partition coefficient (Wildman–Crippen LogP) is 4.16. The van der Waals surface area contributed by atoms with E-state index in [4.69, 9.17) is 5.73 Å². The molecule has 0 aliphatic heterocycles. The van der Waals surface area contributed by atoms with Gasteiger partial charge in [0.2, 0.25) is 5.95 Å².